The molecular formula is C24H38N4O3. The topological polar surface area (TPSA) is 85.3 Å². The number of aryl methyl sites for hydroxylation is 1. The van der Waals surface area contributed by atoms with E-state index in [0.717, 1.165) is 25.8 Å². The summed E-state index contributed by atoms with van der Waals surface area (Å²) in [7, 11) is 0. The van der Waals surface area contributed by atoms with Crippen molar-refractivity contribution < 1.29 is 14.3 Å². The summed E-state index contributed by atoms with van der Waals surface area (Å²) in [4.78, 5) is 24.8. The van der Waals surface area contributed by atoms with E-state index >= 15 is 0 Å². The fourth-order valence-corrected chi connectivity index (χ4v) is 7.93. The lowest BCUT2D eigenvalue weighted by molar-refractivity contribution is -0.174. The van der Waals surface area contributed by atoms with Crippen LogP contribution >= 0.6 is 0 Å². The van der Waals surface area contributed by atoms with Crippen molar-refractivity contribution in [2.24, 2.45) is 16.2 Å². The molecule has 5 rings (SSSR count). The molecule has 0 aromatic carbocycles. The summed E-state index contributed by atoms with van der Waals surface area (Å²) in [6.07, 6.45) is 7.89. The van der Waals surface area contributed by atoms with Gasteiger partial charge in [-0.25, -0.2) is 4.79 Å². The number of carbonyl (C=O) groups excluding carboxylic acids is 2. The second-order valence-corrected chi connectivity index (χ2v) is 12.5. The molecular weight excluding hydrogens is 392 g/mol. The van der Waals surface area contributed by atoms with Crippen LogP contribution in [0, 0.1) is 23.2 Å². The number of rotatable bonds is 5. The summed E-state index contributed by atoms with van der Waals surface area (Å²) >= 11 is 0. The molecule has 31 heavy (non-hydrogen) atoms. The maximum atomic E-state index is 12.9. The quantitative estimate of drug-likeness (QED) is 0.741. The van der Waals surface area contributed by atoms with Gasteiger partial charge in [-0.05, 0) is 88.5 Å². The predicted octanol–water partition coefficient (Wildman–Crippen LogP) is 3.95. The van der Waals surface area contributed by atoms with E-state index in [1.165, 1.54) is 25.0 Å². The third-order valence-electron chi connectivity index (χ3n) is 7.31. The van der Waals surface area contributed by atoms with Gasteiger partial charge >= 0.3 is 6.09 Å². The van der Waals surface area contributed by atoms with E-state index in [0.29, 0.717) is 0 Å². The number of alkyl carbamates (subject to hydrolysis) is 1. The Morgan fingerprint density at radius 1 is 1.10 bits per heavy atom. The molecule has 1 aromatic rings. The van der Waals surface area contributed by atoms with E-state index in [-0.39, 0.29) is 34.2 Å². The number of amides is 2. The van der Waals surface area contributed by atoms with Crippen LogP contribution in [-0.4, -0.2) is 39.5 Å². The Bertz CT molecular complexity index is 866. The Balaban J connectivity index is 1.49. The van der Waals surface area contributed by atoms with Crippen molar-refractivity contribution in [3.8, 4) is 0 Å². The van der Waals surface area contributed by atoms with Crippen molar-refractivity contribution >= 4 is 12.0 Å². The van der Waals surface area contributed by atoms with Crippen molar-refractivity contribution in [3.05, 3.63) is 18.0 Å². The van der Waals surface area contributed by atoms with E-state index in [9.17, 15) is 9.59 Å². The Kier molecular flexibility index (Phi) is 4.98. The minimum absolute atomic E-state index is 0.0602. The Labute approximate surface area is 185 Å². The van der Waals surface area contributed by atoms with E-state index < -0.39 is 11.7 Å². The van der Waals surface area contributed by atoms with Gasteiger partial charge in [0.2, 0.25) is 5.91 Å². The first-order valence-corrected chi connectivity index (χ1v) is 11.5. The molecule has 2 N–H and O–H groups in total. The lowest BCUT2D eigenvalue weighted by Gasteiger charge is -2.69. The molecule has 4 aliphatic rings. The number of hydrogen-bond donors (Lipinski definition) is 2. The molecule has 4 fully saturated rings. The number of nitrogens with one attached hydrogen (secondary N) is 2. The molecule has 2 unspecified atom stereocenters. The van der Waals surface area contributed by atoms with Crippen LogP contribution in [0.1, 0.15) is 78.8 Å². The van der Waals surface area contributed by atoms with Crippen LogP contribution in [-0.2, 0) is 16.1 Å². The first-order valence-electron chi connectivity index (χ1n) is 11.5. The van der Waals surface area contributed by atoms with Crippen molar-refractivity contribution in [2.45, 2.75) is 97.8 Å². The Hall–Kier alpha value is -2.05. The third-order valence-corrected chi connectivity index (χ3v) is 7.31. The SMILES string of the molecule is Cc1ccnn1CC12CC3(C)CC(C)(C1)CC(NC(=O)CNC(=O)OC(C)(C)C)(C3)C2. The molecule has 172 valence electrons. The Morgan fingerprint density at radius 2 is 1.74 bits per heavy atom. The number of carbonyl (C=O) groups is 2. The molecule has 0 spiro atoms. The minimum Gasteiger partial charge on any atom is -0.444 e. The molecule has 7 heteroatoms. The molecule has 0 aliphatic heterocycles. The van der Waals surface area contributed by atoms with Gasteiger partial charge in [0.25, 0.3) is 0 Å². The molecule has 2 amide bonds. The van der Waals surface area contributed by atoms with Crippen LogP contribution < -0.4 is 10.6 Å². The fourth-order valence-electron chi connectivity index (χ4n) is 7.93. The second kappa shape index (κ2) is 6.97. The number of aromatic nitrogens is 2. The average molecular weight is 431 g/mol. The lowest BCUT2D eigenvalue weighted by Crippen LogP contribution is -2.69. The average Bonchev–Trinajstić information content (AvgIpc) is 2.91. The molecule has 7 nitrogen and oxygen atoms in total. The number of ether oxygens (including phenoxy) is 1. The zero-order valence-corrected chi connectivity index (χ0v) is 19.9. The zero-order valence-electron chi connectivity index (χ0n) is 19.9. The first-order chi connectivity index (χ1) is 14.2. The van der Waals surface area contributed by atoms with Gasteiger partial charge in [-0.15, -0.1) is 0 Å². The number of hydrogen-bond acceptors (Lipinski definition) is 4. The van der Waals surface area contributed by atoms with Crippen molar-refractivity contribution in [1.29, 1.82) is 0 Å². The second-order valence-electron chi connectivity index (χ2n) is 12.5. The van der Waals surface area contributed by atoms with Gasteiger partial charge in [0, 0.05) is 24.0 Å². The molecule has 0 saturated heterocycles. The Morgan fingerprint density at radius 3 is 2.29 bits per heavy atom. The molecule has 2 atom stereocenters. The van der Waals surface area contributed by atoms with Crippen LogP contribution in [0.25, 0.3) is 0 Å². The number of nitrogens with zero attached hydrogens (tertiary/aromatic N) is 2. The summed E-state index contributed by atoms with van der Waals surface area (Å²) in [6.45, 7) is 13.2. The molecule has 1 heterocycles. The van der Waals surface area contributed by atoms with E-state index in [4.69, 9.17) is 4.74 Å². The van der Waals surface area contributed by atoms with Gasteiger partial charge in [-0.3, -0.25) is 9.48 Å². The molecule has 0 radical (unpaired) electrons. The molecule has 1 aromatic heterocycles. The highest BCUT2D eigenvalue weighted by atomic mass is 16.6. The van der Waals surface area contributed by atoms with E-state index in [1.807, 2.05) is 27.0 Å². The van der Waals surface area contributed by atoms with Gasteiger partial charge < -0.3 is 15.4 Å². The van der Waals surface area contributed by atoms with Gasteiger partial charge in [0.15, 0.2) is 0 Å². The largest absolute Gasteiger partial charge is 0.444 e. The summed E-state index contributed by atoms with van der Waals surface area (Å²) in [5, 5.41) is 10.5. The fraction of sp³-hybridized carbons (Fsp3) is 0.792. The predicted molar refractivity (Wildman–Crippen MR) is 118 cm³/mol. The van der Waals surface area contributed by atoms with Crippen LogP contribution in [0.15, 0.2) is 12.3 Å². The summed E-state index contributed by atoms with van der Waals surface area (Å²) in [5.74, 6) is -0.134. The normalized spacial score (nSPS) is 36.3. The zero-order chi connectivity index (χ0) is 22.7. The highest BCUT2D eigenvalue weighted by Crippen LogP contribution is 2.71. The van der Waals surface area contributed by atoms with Gasteiger partial charge in [0.05, 0.1) is 0 Å². The van der Waals surface area contributed by atoms with Crippen molar-refractivity contribution in [2.75, 3.05) is 6.54 Å². The van der Waals surface area contributed by atoms with Crippen LogP contribution in [0.3, 0.4) is 0 Å². The summed E-state index contributed by atoms with van der Waals surface area (Å²) in [5.41, 5.74) is 0.964. The maximum absolute atomic E-state index is 12.9. The maximum Gasteiger partial charge on any atom is 0.408 e. The molecule has 4 aliphatic carbocycles. The van der Waals surface area contributed by atoms with Crippen LogP contribution in [0.2, 0.25) is 0 Å². The first kappa shape index (κ1) is 22.2. The summed E-state index contributed by atoms with van der Waals surface area (Å²) < 4.78 is 7.40. The summed E-state index contributed by atoms with van der Waals surface area (Å²) in [6, 6.07) is 2.06. The highest BCUT2D eigenvalue weighted by molar-refractivity contribution is 5.82. The van der Waals surface area contributed by atoms with Crippen LogP contribution in [0.4, 0.5) is 4.79 Å². The van der Waals surface area contributed by atoms with Gasteiger partial charge in [0.1, 0.15) is 12.1 Å². The van der Waals surface area contributed by atoms with E-state index in [2.05, 4.69) is 47.3 Å². The van der Waals surface area contributed by atoms with Crippen LogP contribution in [0.5, 0.6) is 0 Å². The van der Waals surface area contributed by atoms with Gasteiger partial charge in [-0.2, -0.15) is 5.10 Å². The standard InChI is InChI=1S/C24H38N4O3/c1-17-7-8-26-28(17)16-23-11-21(5)10-22(6,12-23)14-24(13-21,15-23)27-18(29)9-25-19(30)31-20(2,3)4/h7-8H,9-16H2,1-6H3,(H,25,30)(H,27,29). The van der Waals surface area contributed by atoms with Crippen molar-refractivity contribution in [1.82, 2.24) is 20.4 Å². The van der Waals surface area contributed by atoms with Gasteiger partial charge in [-0.1, -0.05) is 13.8 Å². The molecule has 4 bridgehead atoms. The smallest absolute Gasteiger partial charge is 0.408 e. The minimum atomic E-state index is -0.583. The molecule has 4 saturated carbocycles. The monoisotopic (exact) mass is 430 g/mol. The highest BCUT2D eigenvalue weighted by Gasteiger charge is 2.65. The van der Waals surface area contributed by atoms with E-state index in [1.54, 1.807) is 0 Å². The third kappa shape index (κ3) is 4.60. The van der Waals surface area contributed by atoms with Crippen molar-refractivity contribution in [3.63, 3.8) is 0 Å². The lowest BCUT2D eigenvalue weighted by atomic mass is 9.38.